The summed E-state index contributed by atoms with van der Waals surface area (Å²) < 4.78 is 13.3. The van der Waals surface area contributed by atoms with Crippen molar-refractivity contribution in [2.24, 2.45) is 5.73 Å². The molecular formula is C12H16ClFN2O. The number of benzene rings is 1. The van der Waals surface area contributed by atoms with Crippen molar-refractivity contribution in [3.8, 4) is 0 Å². The number of nitrogens with two attached hydrogens (primary N) is 1. The lowest BCUT2D eigenvalue weighted by atomic mass is 10.1. The van der Waals surface area contributed by atoms with E-state index in [-0.39, 0.29) is 29.4 Å². The Morgan fingerprint density at radius 1 is 1.53 bits per heavy atom. The van der Waals surface area contributed by atoms with Crippen LogP contribution in [0.25, 0.3) is 0 Å². The van der Waals surface area contributed by atoms with E-state index in [1.165, 1.54) is 12.1 Å². The highest BCUT2D eigenvalue weighted by Gasteiger charge is 2.12. The van der Waals surface area contributed by atoms with Gasteiger partial charge in [0.2, 0.25) is 5.91 Å². The number of hydrogen-bond donors (Lipinski definition) is 2. The molecule has 1 aromatic carbocycles. The van der Waals surface area contributed by atoms with Crippen LogP contribution in [-0.4, -0.2) is 11.9 Å². The summed E-state index contributed by atoms with van der Waals surface area (Å²) in [6, 6.07) is 4.53. The summed E-state index contributed by atoms with van der Waals surface area (Å²) >= 11 is 5.60. The molecule has 0 aliphatic rings. The highest BCUT2D eigenvalue weighted by molar-refractivity contribution is 6.30. The first-order valence-corrected chi connectivity index (χ1v) is 5.77. The van der Waals surface area contributed by atoms with Crippen LogP contribution in [-0.2, 0) is 4.79 Å². The number of carbonyl (C=O) groups is 1. The van der Waals surface area contributed by atoms with Crippen molar-refractivity contribution >= 4 is 17.5 Å². The van der Waals surface area contributed by atoms with Crippen molar-refractivity contribution in [1.29, 1.82) is 0 Å². The molecule has 0 spiro atoms. The third-order valence-electron chi connectivity index (χ3n) is 2.49. The van der Waals surface area contributed by atoms with Crippen LogP contribution >= 0.6 is 11.6 Å². The van der Waals surface area contributed by atoms with Crippen molar-refractivity contribution in [2.75, 3.05) is 0 Å². The molecule has 1 aromatic rings. The standard InChI is InChI=1S/C12H16ClFN2O/c1-7(5-12(15)17)16-8(2)9-3-4-10(13)11(14)6-9/h3-4,6-8,16H,5H2,1-2H3,(H2,15,17). The molecule has 0 aliphatic heterocycles. The number of amides is 1. The molecule has 3 nitrogen and oxygen atoms in total. The minimum absolute atomic E-state index is 0.0544. The van der Waals surface area contributed by atoms with Gasteiger partial charge in [-0.2, -0.15) is 0 Å². The summed E-state index contributed by atoms with van der Waals surface area (Å²) in [5, 5.41) is 3.27. The van der Waals surface area contributed by atoms with E-state index in [0.717, 1.165) is 5.56 Å². The molecule has 94 valence electrons. The van der Waals surface area contributed by atoms with E-state index in [1.807, 2.05) is 13.8 Å². The van der Waals surface area contributed by atoms with Crippen molar-refractivity contribution in [3.05, 3.63) is 34.6 Å². The molecule has 0 fully saturated rings. The van der Waals surface area contributed by atoms with Gasteiger partial charge in [0.1, 0.15) is 5.82 Å². The van der Waals surface area contributed by atoms with Crippen molar-refractivity contribution < 1.29 is 9.18 Å². The van der Waals surface area contributed by atoms with E-state index in [2.05, 4.69) is 5.32 Å². The minimum atomic E-state index is -0.444. The summed E-state index contributed by atoms with van der Waals surface area (Å²) in [5.74, 6) is -0.806. The van der Waals surface area contributed by atoms with Gasteiger partial charge in [-0.15, -0.1) is 0 Å². The summed E-state index contributed by atoms with van der Waals surface area (Å²) in [4.78, 5) is 10.7. The zero-order chi connectivity index (χ0) is 13.0. The number of primary amides is 1. The Balaban J connectivity index is 2.66. The maximum Gasteiger partial charge on any atom is 0.218 e. The molecule has 0 aromatic heterocycles. The number of carbonyl (C=O) groups excluding carboxylic acids is 1. The van der Waals surface area contributed by atoms with E-state index < -0.39 is 5.82 Å². The van der Waals surface area contributed by atoms with Crippen molar-refractivity contribution in [1.82, 2.24) is 5.32 Å². The van der Waals surface area contributed by atoms with Crippen LogP contribution in [0.15, 0.2) is 18.2 Å². The predicted molar refractivity (Wildman–Crippen MR) is 66.2 cm³/mol. The minimum Gasteiger partial charge on any atom is -0.370 e. The van der Waals surface area contributed by atoms with Crippen molar-refractivity contribution in [2.45, 2.75) is 32.4 Å². The van der Waals surface area contributed by atoms with Gasteiger partial charge < -0.3 is 11.1 Å². The van der Waals surface area contributed by atoms with E-state index in [1.54, 1.807) is 6.07 Å². The maximum atomic E-state index is 13.3. The molecule has 0 aliphatic carbocycles. The molecule has 1 rings (SSSR count). The summed E-state index contributed by atoms with van der Waals surface area (Å²) in [5.41, 5.74) is 5.88. The van der Waals surface area contributed by atoms with Gasteiger partial charge in [0.25, 0.3) is 0 Å². The number of nitrogens with one attached hydrogen (secondary N) is 1. The van der Waals surface area contributed by atoms with Crippen LogP contribution in [0, 0.1) is 5.82 Å². The molecule has 2 unspecified atom stereocenters. The lowest BCUT2D eigenvalue weighted by Gasteiger charge is -2.19. The largest absolute Gasteiger partial charge is 0.370 e. The molecule has 0 bridgehead atoms. The Hall–Kier alpha value is -1.13. The molecule has 5 heteroatoms. The fraction of sp³-hybridized carbons (Fsp3) is 0.417. The van der Waals surface area contributed by atoms with Crippen LogP contribution in [0.1, 0.15) is 31.9 Å². The number of halogens is 2. The highest BCUT2D eigenvalue weighted by atomic mass is 35.5. The Morgan fingerprint density at radius 3 is 2.71 bits per heavy atom. The second-order valence-corrected chi connectivity index (χ2v) is 4.54. The van der Waals surface area contributed by atoms with Crippen LogP contribution < -0.4 is 11.1 Å². The average Bonchev–Trinajstić information content (AvgIpc) is 2.20. The fourth-order valence-electron chi connectivity index (χ4n) is 1.67. The summed E-state index contributed by atoms with van der Waals surface area (Å²) in [6.45, 7) is 3.74. The quantitative estimate of drug-likeness (QED) is 0.852. The number of rotatable bonds is 5. The molecule has 17 heavy (non-hydrogen) atoms. The van der Waals surface area contributed by atoms with E-state index in [9.17, 15) is 9.18 Å². The smallest absolute Gasteiger partial charge is 0.218 e. The molecular weight excluding hydrogens is 243 g/mol. The lowest BCUT2D eigenvalue weighted by molar-refractivity contribution is -0.118. The topological polar surface area (TPSA) is 55.1 Å². The first-order valence-electron chi connectivity index (χ1n) is 5.39. The summed E-state index contributed by atoms with van der Waals surface area (Å²) in [6.07, 6.45) is 0.250. The third-order valence-corrected chi connectivity index (χ3v) is 2.79. The molecule has 0 radical (unpaired) electrons. The second kappa shape index (κ2) is 5.98. The Bertz CT molecular complexity index is 411. The van der Waals surface area contributed by atoms with Gasteiger partial charge in [0.15, 0.2) is 0 Å². The first kappa shape index (κ1) is 13.9. The number of hydrogen-bond acceptors (Lipinski definition) is 2. The zero-order valence-electron chi connectivity index (χ0n) is 9.84. The lowest BCUT2D eigenvalue weighted by Crippen LogP contribution is -2.32. The van der Waals surface area contributed by atoms with Gasteiger partial charge in [-0.05, 0) is 31.5 Å². The normalized spacial score (nSPS) is 14.4. The highest BCUT2D eigenvalue weighted by Crippen LogP contribution is 2.20. The predicted octanol–water partition coefficient (Wildman–Crippen LogP) is 2.39. The Labute approximate surface area is 105 Å². The van der Waals surface area contributed by atoms with Gasteiger partial charge in [-0.25, -0.2) is 4.39 Å². The van der Waals surface area contributed by atoms with Crippen LogP contribution in [0.5, 0.6) is 0 Å². The molecule has 2 atom stereocenters. The van der Waals surface area contributed by atoms with Crippen molar-refractivity contribution in [3.63, 3.8) is 0 Å². The molecule has 0 heterocycles. The van der Waals surface area contributed by atoms with E-state index in [0.29, 0.717) is 0 Å². The summed E-state index contributed by atoms with van der Waals surface area (Å²) in [7, 11) is 0. The van der Waals surface area contributed by atoms with Crippen LogP contribution in [0.4, 0.5) is 4.39 Å². The SMILES string of the molecule is CC(CC(N)=O)NC(C)c1ccc(Cl)c(F)c1. The molecule has 1 amide bonds. The monoisotopic (exact) mass is 258 g/mol. The van der Waals surface area contributed by atoms with E-state index in [4.69, 9.17) is 17.3 Å². The van der Waals surface area contributed by atoms with Crippen LogP contribution in [0.3, 0.4) is 0 Å². The van der Waals surface area contributed by atoms with Gasteiger partial charge in [0, 0.05) is 18.5 Å². The average molecular weight is 259 g/mol. The third kappa shape index (κ3) is 4.32. The van der Waals surface area contributed by atoms with E-state index >= 15 is 0 Å². The molecule has 0 saturated carbocycles. The maximum absolute atomic E-state index is 13.3. The Kier molecular flexibility index (Phi) is 4.90. The molecule has 3 N–H and O–H groups in total. The van der Waals surface area contributed by atoms with Gasteiger partial charge in [0.05, 0.1) is 5.02 Å². The zero-order valence-corrected chi connectivity index (χ0v) is 10.6. The second-order valence-electron chi connectivity index (χ2n) is 4.13. The van der Waals surface area contributed by atoms with Gasteiger partial charge in [-0.1, -0.05) is 17.7 Å². The van der Waals surface area contributed by atoms with Gasteiger partial charge in [-0.3, -0.25) is 4.79 Å². The Morgan fingerprint density at radius 2 is 2.18 bits per heavy atom. The molecule has 0 saturated heterocycles. The van der Waals surface area contributed by atoms with Gasteiger partial charge >= 0.3 is 0 Å². The fourth-order valence-corrected chi connectivity index (χ4v) is 1.78. The first-order chi connectivity index (χ1) is 7.90. The van der Waals surface area contributed by atoms with Crippen LogP contribution in [0.2, 0.25) is 5.02 Å².